The first kappa shape index (κ1) is 13.5. The molecule has 0 aliphatic rings. The maximum Gasteiger partial charge on any atom is 0.186 e. The maximum atomic E-state index is 5.97. The number of nitrogen functional groups attached to an aromatic ring is 1. The van der Waals surface area contributed by atoms with Gasteiger partial charge in [-0.2, -0.15) is 0 Å². The molecule has 0 amide bonds. The third kappa shape index (κ3) is 2.45. The fourth-order valence-electron chi connectivity index (χ4n) is 2.07. The fourth-order valence-corrected chi connectivity index (χ4v) is 2.91. The highest BCUT2D eigenvalue weighted by atomic mass is 32.1. The van der Waals surface area contributed by atoms with Crippen LogP contribution in [0.2, 0.25) is 0 Å². The van der Waals surface area contributed by atoms with E-state index in [9.17, 15) is 0 Å². The van der Waals surface area contributed by atoms with E-state index in [-0.39, 0.29) is 0 Å². The number of benzene rings is 1. The quantitative estimate of drug-likeness (QED) is 0.796. The summed E-state index contributed by atoms with van der Waals surface area (Å²) in [6.07, 6.45) is 0. The smallest absolute Gasteiger partial charge is 0.186 e. The third-order valence-electron chi connectivity index (χ3n) is 3.11. The highest BCUT2D eigenvalue weighted by Crippen LogP contribution is 2.41. The van der Waals surface area contributed by atoms with Crippen molar-refractivity contribution in [2.45, 2.75) is 0 Å². The van der Waals surface area contributed by atoms with Gasteiger partial charge in [0.15, 0.2) is 11.6 Å². The molecule has 3 aromatic rings. The number of methoxy groups -OCH3 is 2. The molecule has 0 aliphatic carbocycles. The van der Waals surface area contributed by atoms with Crippen molar-refractivity contribution in [3.05, 3.63) is 35.7 Å². The zero-order valence-electron chi connectivity index (χ0n) is 11.6. The number of rotatable bonds is 4. The minimum absolute atomic E-state index is 0.352. The van der Waals surface area contributed by atoms with E-state index in [1.807, 2.05) is 35.7 Å². The first-order valence-corrected chi connectivity index (χ1v) is 7.13. The summed E-state index contributed by atoms with van der Waals surface area (Å²) in [6, 6.07) is 9.52. The minimum Gasteiger partial charge on any atom is -0.497 e. The van der Waals surface area contributed by atoms with Gasteiger partial charge >= 0.3 is 0 Å². The number of nitrogens with zero attached hydrogens (tertiary/aromatic N) is 1. The van der Waals surface area contributed by atoms with Crippen LogP contribution in [0.5, 0.6) is 11.5 Å². The molecule has 5 nitrogen and oxygen atoms in total. The molecule has 0 saturated carbocycles. The Labute approximate surface area is 125 Å². The highest BCUT2D eigenvalue weighted by Gasteiger charge is 2.19. The molecule has 0 fully saturated rings. The number of thiophene rings is 1. The Morgan fingerprint density at radius 1 is 1.14 bits per heavy atom. The van der Waals surface area contributed by atoms with Crippen molar-refractivity contribution >= 4 is 17.2 Å². The van der Waals surface area contributed by atoms with Crippen LogP contribution >= 0.6 is 11.3 Å². The topological polar surface area (TPSA) is 70.5 Å². The predicted octanol–water partition coefficient (Wildman–Crippen LogP) is 3.67. The van der Waals surface area contributed by atoms with Gasteiger partial charge in [-0.15, -0.1) is 11.3 Å². The summed E-state index contributed by atoms with van der Waals surface area (Å²) in [5.41, 5.74) is 7.63. The second-order valence-electron chi connectivity index (χ2n) is 4.35. The van der Waals surface area contributed by atoms with Crippen LogP contribution in [0.25, 0.3) is 21.8 Å². The molecule has 6 heteroatoms. The average Bonchev–Trinajstić information content (AvgIpc) is 3.13. The van der Waals surface area contributed by atoms with Crippen molar-refractivity contribution in [3.8, 4) is 33.3 Å². The second-order valence-corrected chi connectivity index (χ2v) is 5.27. The first-order valence-electron chi connectivity index (χ1n) is 6.25. The van der Waals surface area contributed by atoms with Crippen molar-refractivity contribution in [2.24, 2.45) is 0 Å². The molecule has 0 saturated heterocycles. The van der Waals surface area contributed by atoms with E-state index in [0.29, 0.717) is 11.6 Å². The number of anilines is 1. The summed E-state index contributed by atoms with van der Waals surface area (Å²) in [4.78, 5) is 0.911. The standard InChI is InChI=1S/C15H14N2O3S/c1-18-10-5-3-4-9(6-10)13-14(20-17-15(13)16)12-7-11(19-2)8-21-12/h3-8H,1-2H3,(H2,16,17). The number of hydrogen-bond acceptors (Lipinski definition) is 6. The molecule has 2 aromatic heterocycles. The molecule has 1 aromatic carbocycles. The van der Waals surface area contributed by atoms with Crippen LogP contribution in [0.1, 0.15) is 0 Å². The van der Waals surface area contributed by atoms with E-state index in [1.165, 1.54) is 11.3 Å². The van der Waals surface area contributed by atoms with Gasteiger partial charge in [0, 0.05) is 11.4 Å². The number of hydrogen-bond donors (Lipinski definition) is 1. The van der Waals surface area contributed by atoms with Gasteiger partial charge in [-0.05, 0) is 17.7 Å². The van der Waals surface area contributed by atoms with Crippen LogP contribution in [0.15, 0.2) is 40.2 Å². The van der Waals surface area contributed by atoms with Gasteiger partial charge in [0.2, 0.25) is 0 Å². The lowest BCUT2D eigenvalue weighted by molar-refractivity contribution is 0.415. The summed E-state index contributed by atoms with van der Waals surface area (Å²) >= 11 is 1.51. The SMILES string of the molecule is COc1cccc(-c2c(N)noc2-c2cc(OC)cs2)c1. The molecule has 2 heterocycles. The summed E-state index contributed by atoms with van der Waals surface area (Å²) in [5.74, 6) is 2.52. The highest BCUT2D eigenvalue weighted by molar-refractivity contribution is 7.13. The molecule has 0 aliphatic heterocycles. The Hall–Kier alpha value is -2.47. The monoisotopic (exact) mass is 302 g/mol. The van der Waals surface area contributed by atoms with Gasteiger partial charge in [0.1, 0.15) is 11.5 Å². The molecule has 0 spiro atoms. The van der Waals surface area contributed by atoms with Gasteiger partial charge < -0.3 is 19.7 Å². The van der Waals surface area contributed by atoms with Gasteiger partial charge in [-0.3, -0.25) is 0 Å². The van der Waals surface area contributed by atoms with Crippen LogP contribution in [-0.4, -0.2) is 19.4 Å². The normalized spacial score (nSPS) is 10.6. The predicted molar refractivity (Wildman–Crippen MR) is 82.8 cm³/mol. The lowest BCUT2D eigenvalue weighted by Crippen LogP contribution is -1.89. The molecule has 0 atom stereocenters. The van der Waals surface area contributed by atoms with E-state index in [4.69, 9.17) is 19.7 Å². The van der Waals surface area contributed by atoms with Crippen molar-refractivity contribution in [1.29, 1.82) is 0 Å². The van der Waals surface area contributed by atoms with E-state index in [2.05, 4.69) is 5.16 Å². The molecule has 0 radical (unpaired) electrons. The molecule has 21 heavy (non-hydrogen) atoms. The Balaban J connectivity index is 2.12. The fraction of sp³-hybridized carbons (Fsp3) is 0.133. The van der Waals surface area contributed by atoms with Crippen molar-refractivity contribution in [1.82, 2.24) is 5.16 Å². The molecule has 2 N–H and O–H groups in total. The third-order valence-corrected chi connectivity index (χ3v) is 4.02. The van der Waals surface area contributed by atoms with Crippen molar-refractivity contribution in [2.75, 3.05) is 20.0 Å². The molecular formula is C15H14N2O3S. The van der Waals surface area contributed by atoms with Crippen molar-refractivity contribution < 1.29 is 14.0 Å². The Bertz CT molecular complexity index is 764. The lowest BCUT2D eigenvalue weighted by atomic mass is 10.0. The minimum atomic E-state index is 0.352. The first-order chi connectivity index (χ1) is 10.2. The summed E-state index contributed by atoms with van der Waals surface area (Å²) in [6.45, 7) is 0. The Morgan fingerprint density at radius 3 is 2.67 bits per heavy atom. The summed E-state index contributed by atoms with van der Waals surface area (Å²) in [5, 5.41) is 5.79. The number of aromatic nitrogens is 1. The van der Waals surface area contributed by atoms with E-state index in [1.54, 1.807) is 14.2 Å². The molecule has 3 rings (SSSR count). The van der Waals surface area contributed by atoms with Crippen LogP contribution in [0, 0.1) is 0 Å². The molecule has 108 valence electrons. The second kappa shape index (κ2) is 5.49. The molecular weight excluding hydrogens is 288 g/mol. The van der Waals surface area contributed by atoms with Crippen LogP contribution in [-0.2, 0) is 0 Å². The zero-order chi connectivity index (χ0) is 14.8. The maximum absolute atomic E-state index is 5.97. The van der Waals surface area contributed by atoms with Gasteiger partial charge in [0.25, 0.3) is 0 Å². The summed E-state index contributed by atoms with van der Waals surface area (Å²) < 4.78 is 15.9. The average molecular weight is 302 g/mol. The lowest BCUT2D eigenvalue weighted by Gasteiger charge is -2.04. The number of ether oxygens (including phenoxy) is 2. The van der Waals surface area contributed by atoms with Crippen LogP contribution in [0.4, 0.5) is 5.82 Å². The molecule has 0 bridgehead atoms. The van der Waals surface area contributed by atoms with E-state index < -0.39 is 0 Å². The number of nitrogens with two attached hydrogens (primary N) is 1. The van der Waals surface area contributed by atoms with E-state index in [0.717, 1.165) is 27.5 Å². The summed E-state index contributed by atoms with van der Waals surface area (Å²) in [7, 11) is 3.25. The van der Waals surface area contributed by atoms with Gasteiger partial charge in [0.05, 0.1) is 24.7 Å². The van der Waals surface area contributed by atoms with Gasteiger partial charge in [-0.25, -0.2) is 0 Å². The van der Waals surface area contributed by atoms with E-state index >= 15 is 0 Å². The zero-order valence-corrected chi connectivity index (χ0v) is 12.4. The Kier molecular flexibility index (Phi) is 3.53. The van der Waals surface area contributed by atoms with Crippen LogP contribution in [0.3, 0.4) is 0 Å². The van der Waals surface area contributed by atoms with Crippen molar-refractivity contribution in [3.63, 3.8) is 0 Å². The largest absolute Gasteiger partial charge is 0.497 e. The van der Waals surface area contributed by atoms with Gasteiger partial charge in [-0.1, -0.05) is 17.3 Å². The Morgan fingerprint density at radius 2 is 1.95 bits per heavy atom. The molecule has 0 unspecified atom stereocenters. The van der Waals surface area contributed by atoms with Crippen LogP contribution < -0.4 is 15.2 Å².